The maximum absolute atomic E-state index is 11.0. The molecule has 0 atom stereocenters. The molecule has 0 fully saturated rings. The van der Waals surface area contributed by atoms with Crippen LogP contribution < -0.4 is 4.74 Å². The highest BCUT2D eigenvalue weighted by Gasteiger charge is 2.15. The van der Waals surface area contributed by atoms with Crippen molar-refractivity contribution in [2.75, 3.05) is 12.4 Å². The van der Waals surface area contributed by atoms with Gasteiger partial charge in [0.2, 0.25) is 0 Å². The molecule has 21 heavy (non-hydrogen) atoms. The van der Waals surface area contributed by atoms with Crippen molar-refractivity contribution in [2.24, 2.45) is 0 Å². The molecule has 0 spiro atoms. The van der Waals surface area contributed by atoms with Crippen LogP contribution in [-0.4, -0.2) is 22.3 Å². The fraction of sp³-hybridized carbons (Fsp3) is 0.400. The monoisotopic (exact) mass is 306 g/mol. The molecular formula is C15H18N2O3S. The third-order valence-electron chi connectivity index (χ3n) is 3.22. The third-order valence-corrected chi connectivity index (χ3v) is 3.53. The zero-order valence-electron chi connectivity index (χ0n) is 11.7. The van der Waals surface area contributed by atoms with E-state index in [2.05, 4.69) is 17.6 Å². The van der Waals surface area contributed by atoms with Gasteiger partial charge in [-0.2, -0.15) is 12.6 Å². The number of fused-ring (bicyclic) bond motifs is 1. The first-order valence-corrected chi connectivity index (χ1v) is 7.63. The van der Waals surface area contributed by atoms with Gasteiger partial charge in [-0.25, -0.2) is 0 Å². The van der Waals surface area contributed by atoms with Gasteiger partial charge in [-0.3, -0.25) is 15.1 Å². The van der Waals surface area contributed by atoms with Gasteiger partial charge in [-0.1, -0.05) is 12.8 Å². The highest BCUT2D eigenvalue weighted by molar-refractivity contribution is 7.80. The van der Waals surface area contributed by atoms with E-state index in [-0.39, 0.29) is 5.69 Å². The summed E-state index contributed by atoms with van der Waals surface area (Å²) in [6.45, 7) is 0.593. The number of aromatic nitrogens is 1. The normalized spacial score (nSPS) is 10.7. The molecular weight excluding hydrogens is 288 g/mol. The Labute approximate surface area is 128 Å². The first-order chi connectivity index (χ1) is 10.2. The van der Waals surface area contributed by atoms with Gasteiger partial charge >= 0.3 is 0 Å². The number of nitro benzene ring substituents is 1. The predicted octanol–water partition coefficient (Wildman–Crippen LogP) is 4.01. The fourth-order valence-electron chi connectivity index (χ4n) is 2.16. The summed E-state index contributed by atoms with van der Waals surface area (Å²) < 4.78 is 5.73. The topological polar surface area (TPSA) is 65.3 Å². The van der Waals surface area contributed by atoms with Gasteiger partial charge < -0.3 is 4.74 Å². The van der Waals surface area contributed by atoms with E-state index in [1.54, 1.807) is 24.4 Å². The Balaban J connectivity index is 2.07. The second kappa shape index (κ2) is 7.83. The lowest BCUT2D eigenvalue weighted by atomic mass is 10.1. The summed E-state index contributed by atoms with van der Waals surface area (Å²) >= 11 is 4.17. The van der Waals surface area contributed by atoms with Crippen LogP contribution in [0.4, 0.5) is 5.69 Å². The van der Waals surface area contributed by atoms with Gasteiger partial charge in [0.15, 0.2) is 0 Å². The van der Waals surface area contributed by atoms with Crippen LogP contribution in [-0.2, 0) is 0 Å². The van der Waals surface area contributed by atoms with Crippen LogP contribution in [0.3, 0.4) is 0 Å². The van der Waals surface area contributed by atoms with Crippen LogP contribution in [0.25, 0.3) is 10.9 Å². The Hall–Kier alpha value is -1.82. The van der Waals surface area contributed by atoms with Crippen molar-refractivity contribution >= 4 is 29.2 Å². The van der Waals surface area contributed by atoms with E-state index in [0.29, 0.717) is 23.3 Å². The Morgan fingerprint density at radius 1 is 1.19 bits per heavy atom. The van der Waals surface area contributed by atoms with Gasteiger partial charge in [0.1, 0.15) is 11.3 Å². The first kappa shape index (κ1) is 15.6. The number of non-ortho nitro benzene ring substituents is 1. The van der Waals surface area contributed by atoms with E-state index in [0.717, 1.165) is 31.4 Å². The SMILES string of the molecule is O=[N+]([O-])c1ccc(OCCCCCCS)c2ncccc12. The Morgan fingerprint density at radius 3 is 2.76 bits per heavy atom. The molecule has 2 rings (SSSR count). The molecule has 0 unspecified atom stereocenters. The maximum atomic E-state index is 11.0. The maximum Gasteiger partial charge on any atom is 0.279 e. The molecule has 112 valence electrons. The molecule has 1 heterocycles. The number of ether oxygens (including phenoxy) is 1. The summed E-state index contributed by atoms with van der Waals surface area (Å²) in [4.78, 5) is 14.8. The van der Waals surface area contributed by atoms with E-state index in [9.17, 15) is 10.1 Å². The van der Waals surface area contributed by atoms with Crippen LogP contribution in [0, 0.1) is 10.1 Å². The molecule has 0 N–H and O–H groups in total. The lowest BCUT2D eigenvalue weighted by Crippen LogP contribution is -2.00. The van der Waals surface area contributed by atoms with Crippen molar-refractivity contribution < 1.29 is 9.66 Å². The molecule has 5 nitrogen and oxygen atoms in total. The van der Waals surface area contributed by atoms with Crippen molar-refractivity contribution in [1.29, 1.82) is 0 Å². The van der Waals surface area contributed by atoms with Crippen molar-refractivity contribution in [1.82, 2.24) is 4.98 Å². The lowest BCUT2D eigenvalue weighted by Gasteiger charge is -2.08. The lowest BCUT2D eigenvalue weighted by molar-refractivity contribution is -0.383. The van der Waals surface area contributed by atoms with Crippen LogP contribution in [0.1, 0.15) is 25.7 Å². The number of pyridine rings is 1. The van der Waals surface area contributed by atoms with Crippen molar-refractivity contribution in [3.8, 4) is 5.75 Å². The summed E-state index contributed by atoms with van der Waals surface area (Å²) in [5.74, 6) is 1.52. The predicted molar refractivity (Wildman–Crippen MR) is 86.2 cm³/mol. The minimum atomic E-state index is -0.398. The summed E-state index contributed by atoms with van der Waals surface area (Å²) in [6, 6.07) is 6.48. The van der Waals surface area contributed by atoms with Gasteiger partial charge in [-0.15, -0.1) is 0 Å². The third kappa shape index (κ3) is 4.07. The molecule has 0 saturated heterocycles. The number of nitrogens with zero attached hydrogens (tertiary/aromatic N) is 2. The number of hydrogen-bond acceptors (Lipinski definition) is 5. The number of thiol groups is 1. The minimum Gasteiger partial charge on any atom is -0.491 e. The molecule has 0 amide bonds. The van der Waals surface area contributed by atoms with Crippen molar-refractivity contribution in [2.45, 2.75) is 25.7 Å². The molecule has 0 aliphatic heterocycles. The number of hydrogen-bond donors (Lipinski definition) is 1. The van der Waals surface area contributed by atoms with Crippen molar-refractivity contribution in [3.63, 3.8) is 0 Å². The molecule has 0 aliphatic rings. The first-order valence-electron chi connectivity index (χ1n) is 7.00. The summed E-state index contributed by atoms with van der Waals surface area (Å²) in [5, 5.41) is 11.5. The average Bonchev–Trinajstić information content (AvgIpc) is 2.50. The molecule has 0 radical (unpaired) electrons. The van der Waals surface area contributed by atoms with E-state index >= 15 is 0 Å². The second-order valence-electron chi connectivity index (χ2n) is 4.73. The van der Waals surface area contributed by atoms with E-state index in [1.807, 2.05) is 0 Å². The average molecular weight is 306 g/mol. The minimum absolute atomic E-state index is 0.0548. The molecule has 0 aliphatic carbocycles. The van der Waals surface area contributed by atoms with Gasteiger partial charge in [0, 0.05) is 12.3 Å². The Bertz CT molecular complexity index is 619. The standard InChI is InChI=1S/C15H18N2O3S/c18-17(19)13-7-8-14(15-12(13)6-5-9-16-15)20-10-3-1-2-4-11-21/h5-9,21H,1-4,10-11H2. The van der Waals surface area contributed by atoms with Gasteiger partial charge in [-0.05, 0) is 36.8 Å². The fourth-order valence-corrected chi connectivity index (χ4v) is 2.38. The number of nitro groups is 1. The second-order valence-corrected chi connectivity index (χ2v) is 5.17. The van der Waals surface area contributed by atoms with Gasteiger partial charge in [0.05, 0.1) is 16.9 Å². The van der Waals surface area contributed by atoms with Crippen LogP contribution in [0.15, 0.2) is 30.5 Å². The number of rotatable bonds is 8. The molecule has 1 aromatic heterocycles. The van der Waals surface area contributed by atoms with Crippen molar-refractivity contribution in [3.05, 3.63) is 40.6 Å². The zero-order chi connectivity index (χ0) is 15.1. The van der Waals surface area contributed by atoms with E-state index < -0.39 is 4.92 Å². The Morgan fingerprint density at radius 2 is 2.00 bits per heavy atom. The number of unbranched alkanes of at least 4 members (excludes halogenated alkanes) is 3. The quantitative estimate of drug-likeness (QED) is 0.346. The Kier molecular flexibility index (Phi) is 5.80. The summed E-state index contributed by atoms with van der Waals surface area (Å²) in [5.41, 5.74) is 0.598. The summed E-state index contributed by atoms with van der Waals surface area (Å²) in [7, 11) is 0. The molecule has 2 aromatic rings. The van der Waals surface area contributed by atoms with Crippen LogP contribution in [0.2, 0.25) is 0 Å². The smallest absolute Gasteiger partial charge is 0.279 e. The molecule has 0 saturated carbocycles. The van der Waals surface area contributed by atoms with Crippen LogP contribution in [0.5, 0.6) is 5.75 Å². The highest BCUT2D eigenvalue weighted by atomic mass is 32.1. The van der Waals surface area contributed by atoms with Crippen LogP contribution >= 0.6 is 12.6 Å². The molecule has 1 aromatic carbocycles. The van der Waals surface area contributed by atoms with E-state index in [4.69, 9.17) is 4.74 Å². The highest BCUT2D eigenvalue weighted by Crippen LogP contribution is 2.31. The van der Waals surface area contributed by atoms with E-state index in [1.165, 1.54) is 6.07 Å². The van der Waals surface area contributed by atoms with Gasteiger partial charge in [0.25, 0.3) is 5.69 Å². The molecule has 6 heteroatoms. The largest absolute Gasteiger partial charge is 0.491 e. The molecule has 0 bridgehead atoms. The zero-order valence-corrected chi connectivity index (χ0v) is 12.6. The number of benzene rings is 1. The summed E-state index contributed by atoms with van der Waals surface area (Å²) in [6.07, 6.45) is 5.93.